The summed E-state index contributed by atoms with van der Waals surface area (Å²) in [6, 6.07) is 8.24. The Bertz CT molecular complexity index is 1460. The van der Waals surface area contributed by atoms with E-state index >= 15 is 4.39 Å². The number of fused-ring (bicyclic) bond motifs is 1. The topological polar surface area (TPSA) is 69.3 Å². The summed E-state index contributed by atoms with van der Waals surface area (Å²) >= 11 is 0. The van der Waals surface area contributed by atoms with Crippen molar-refractivity contribution in [2.24, 2.45) is 0 Å². The number of likely N-dealkylation sites (N-methyl/N-ethyl adjacent to an activating group) is 1. The van der Waals surface area contributed by atoms with Gasteiger partial charge in [-0.3, -0.25) is 4.90 Å². The predicted molar refractivity (Wildman–Crippen MR) is 144 cm³/mol. The molecule has 0 bridgehead atoms. The molecule has 214 valence electrons. The van der Waals surface area contributed by atoms with Crippen molar-refractivity contribution in [3.8, 4) is 11.6 Å². The van der Waals surface area contributed by atoms with E-state index in [9.17, 15) is 17.6 Å². The molecule has 1 aliphatic rings. The molecule has 1 aliphatic heterocycles. The molecule has 5 rings (SSSR count). The number of halogens is 5. The highest BCUT2D eigenvalue weighted by Crippen LogP contribution is 2.36. The largest absolute Gasteiger partial charge is 0.433 e. The Labute approximate surface area is 229 Å². The highest BCUT2D eigenvalue weighted by Gasteiger charge is 2.34. The normalized spacial score (nSPS) is 14.6. The van der Waals surface area contributed by atoms with E-state index in [-0.39, 0.29) is 28.9 Å². The van der Waals surface area contributed by atoms with Crippen molar-refractivity contribution in [3.05, 3.63) is 71.2 Å². The smallest absolute Gasteiger partial charge is 0.416 e. The lowest BCUT2D eigenvalue weighted by atomic mass is 10.0. The lowest BCUT2D eigenvalue weighted by molar-refractivity contribution is -0.138. The maximum atomic E-state index is 15.2. The molecule has 7 nitrogen and oxygen atoms in total. The Hall–Kier alpha value is -3.77. The van der Waals surface area contributed by atoms with Gasteiger partial charge in [-0.15, -0.1) is 0 Å². The SMILES string of the molecule is CC.Cc1cc2c(F)c(Oc3ncnc(Nc4ccc(CN5CCN(C)CC5)c(C(F)(F)F)c4)c3F)ccc2[nH]1. The molecule has 1 saturated heterocycles. The minimum atomic E-state index is -4.61. The fraction of sp³-hybridized carbons (Fsp3) is 0.357. The first-order valence-corrected chi connectivity index (χ1v) is 12.9. The second-order valence-electron chi connectivity index (χ2n) is 9.31. The van der Waals surface area contributed by atoms with E-state index in [1.54, 1.807) is 19.1 Å². The second kappa shape index (κ2) is 12.2. The fourth-order valence-electron chi connectivity index (χ4n) is 4.42. The maximum Gasteiger partial charge on any atom is 0.416 e. The summed E-state index contributed by atoms with van der Waals surface area (Å²) in [6.07, 6.45) is -3.63. The molecule has 2 aromatic carbocycles. The molecule has 2 aromatic heterocycles. The van der Waals surface area contributed by atoms with Crippen molar-refractivity contribution in [1.29, 1.82) is 0 Å². The molecule has 3 heterocycles. The molecule has 0 radical (unpaired) electrons. The van der Waals surface area contributed by atoms with Crippen LogP contribution in [0.15, 0.2) is 42.7 Å². The molecule has 0 spiro atoms. The quantitative estimate of drug-likeness (QED) is 0.250. The Balaban J connectivity index is 0.00000181. The lowest BCUT2D eigenvalue weighted by Gasteiger charge is -2.33. The second-order valence-corrected chi connectivity index (χ2v) is 9.31. The van der Waals surface area contributed by atoms with Crippen molar-refractivity contribution in [2.45, 2.75) is 33.5 Å². The molecule has 1 fully saturated rings. The molecule has 0 saturated carbocycles. The van der Waals surface area contributed by atoms with E-state index in [1.807, 2.05) is 25.8 Å². The van der Waals surface area contributed by atoms with Gasteiger partial charge in [0.25, 0.3) is 5.88 Å². The number of rotatable bonds is 6. The Morgan fingerprint density at radius 3 is 2.40 bits per heavy atom. The average molecular weight is 563 g/mol. The number of aryl methyl sites for hydroxylation is 1. The van der Waals surface area contributed by atoms with Crippen LogP contribution in [0.5, 0.6) is 11.6 Å². The standard InChI is InChI=1S/C26H25F5N6O.C2H6/c1-15-11-18-20(34-15)5-6-21(22(18)27)38-25-23(28)24(32-14-33-25)35-17-4-3-16(19(12-17)26(29,30)31)13-37-9-7-36(2)8-10-37;1-2/h3-6,11-12,14,34H,7-10,13H2,1-2H3,(H,32,33,35);1-2H3. The van der Waals surface area contributed by atoms with E-state index in [2.05, 4.69) is 25.2 Å². The van der Waals surface area contributed by atoms with Crippen LogP contribution in [-0.4, -0.2) is 58.0 Å². The van der Waals surface area contributed by atoms with Gasteiger partial charge in [-0.1, -0.05) is 19.9 Å². The zero-order valence-electron chi connectivity index (χ0n) is 22.7. The van der Waals surface area contributed by atoms with Crippen LogP contribution < -0.4 is 10.1 Å². The molecule has 0 amide bonds. The number of hydrogen-bond donors (Lipinski definition) is 2. The summed E-state index contributed by atoms with van der Waals surface area (Å²) in [6.45, 7) is 8.81. The summed E-state index contributed by atoms with van der Waals surface area (Å²) in [5.41, 5.74) is 0.589. The number of ether oxygens (including phenoxy) is 1. The number of H-pyrrole nitrogens is 1. The van der Waals surface area contributed by atoms with Crippen molar-refractivity contribution < 1.29 is 26.7 Å². The predicted octanol–water partition coefficient (Wildman–Crippen LogP) is 6.87. The van der Waals surface area contributed by atoms with Crippen LogP contribution in [0.25, 0.3) is 10.9 Å². The summed E-state index contributed by atoms with van der Waals surface area (Å²) in [5.74, 6) is -3.02. The molecular weight excluding hydrogens is 531 g/mol. The summed E-state index contributed by atoms with van der Waals surface area (Å²) in [5, 5.41) is 2.84. The number of piperazine rings is 1. The molecule has 0 atom stereocenters. The highest BCUT2D eigenvalue weighted by atomic mass is 19.4. The van der Waals surface area contributed by atoms with E-state index in [0.717, 1.165) is 31.2 Å². The van der Waals surface area contributed by atoms with Gasteiger partial charge in [0.15, 0.2) is 17.4 Å². The van der Waals surface area contributed by atoms with Crippen molar-refractivity contribution in [1.82, 2.24) is 24.8 Å². The van der Waals surface area contributed by atoms with Gasteiger partial charge in [-0.25, -0.2) is 9.37 Å². The van der Waals surface area contributed by atoms with E-state index in [4.69, 9.17) is 4.74 Å². The van der Waals surface area contributed by atoms with Crippen LogP contribution in [0.3, 0.4) is 0 Å². The third-order valence-corrected chi connectivity index (χ3v) is 6.47. The number of benzene rings is 2. The Kier molecular flexibility index (Phi) is 8.89. The van der Waals surface area contributed by atoms with E-state index in [0.29, 0.717) is 18.6 Å². The molecule has 2 N–H and O–H groups in total. The molecule has 4 aromatic rings. The third-order valence-electron chi connectivity index (χ3n) is 6.47. The number of alkyl halides is 3. The van der Waals surface area contributed by atoms with Crippen molar-refractivity contribution >= 4 is 22.4 Å². The summed E-state index contributed by atoms with van der Waals surface area (Å²) in [7, 11) is 1.97. The van der Waals surface area contributed by atoms with Gasteiger partial charge in [0.1, 0.15) is 6.33 Å². The van der Waals surface area contributed by atoms with Crippen LogP contribution in [0.4, 0.5) is 33.5 Å². The minimum Gasteiger partial charge on any atom is -0.433 e. The van der Waals surface area contributed by atoms with Gasteiger partial charge in [0.05, 0.1) is 5.56 Å². The molecule has 12 heteroatoms. The molecule has 0 aliphatic carbocycles. The van der Waals surface area contributed by atoms with Crippen LogP contribution in [0.1, 0.15) is 30.7 Å². The van der Waals surface area contributed by atoms with Gasteiger partial charge in [-0.05, 0) is 49.9 Å². The van der Waals surface area contributed by atoms with Crippen LogP contribution in [-0.2, 0) is 12.7 Å². The molecule has 0 unspecified atom stereocenters. The van der Waals surface area contributed by atoms with Crippen LogP contribution in [0.2, 0.25) is 0 Å². The van der Waals surface area contributed by atoms with Crippen LogP contribution >= 0.6 is 0 Å². The number of aromatic amines is 1. The van der Waals surface area contributed by atoms with E-state index < -0.39 is 35.1 Å². The van der Waals surface area contributed by atoms with Gasteiger partial charge < -0.3 is 19.9 Å². The first-order chi connectivity index (χ1) is 19.1. The van der Waals surface area contributed by atoms with Crippen LogP contribution in [0, 0.1) is 18.6 Å². The number of hydrogen-bond acceptors (Lipinski definition) is 6. The van der Waals surface area contributed by atoms with Crippen molar-refractivity contribution in [3.63, 3.8) is 0 Å². The van der Waals surface area contributed by atoms with Gasteiger partial charge in [-0.2, -0.15) is 22.5 Å². The van der Waals surface area contributed by atoms with Gasteiger partial charge in [0.2, 0.25) is 5.82 Å². The van der Waals surface area contributed by atoms with E-state index in [1.165, 1.54) is 18.2 Å². The number of aromatic nitrogens is 3. The highest BCUT2D eigenvalue weighted by molar-refractivity contribution is 5.82. The first-order valence-electron chi connectivity index (χ1n) is 12.9. The fourth-order valence-corrected chi connectivity index (χ4v) is 4.42. The summed E-state index contributed by atoms with van der Waals surface area (Å²) in [4.78, 5) is 14.6. The lowest BCUT2D eigenvalue weighted by Crippen LogP contribution is -2.44. The maximum absolute atomic E-state index is 15.2. The monoisotopic (exact) mass is 562 g/mol. The number of anilines is 2. The average Bonchev–Trinajstić information content (AvgIpc) is 3.32. The zero-order chi connectivity index (χ0) is 29.0. The van der Waals surface area contributed by atoms with Crippen molar-refractivity contribution in [2.75, 3.05) is 38.5 Å². The molecule has 40 heavy (non-hydrogen) atoms. The molecular formula is C28H31F5N6O. The Morgan fingerprint density at radius 1 is 0.975 bits per heavy atom. The number of nitrogens with one attached hydrogen (secondary N) is 2. The van der Waals surface area contributed by atoms with Gasteiger partial charge in [0, 0.05) is 55.0 Å². The Morgan fingerprint density at radius 2 is 1.70 bits per heavy atom. The number of nitrogens with zero attached hydrogens (tertiary/aromatic N) is 4. The third kappa shape index (κ3) is 6.50. The zero-order valence-corrected chi connectivity index (χ0v) is 22.7. The summed E-state index contributed by atoms with van der Waals surface area (Å²) < 4.78 is 77.2. The first kappa shape index (κ1) is 29.2. The van der Waals surface area contributed by atoms with Gasteiger partial charge >= 0.3 is 6.18 Å². The minimum absolute atomic E-state index is 0.0154.